The molecule has 0 N–H and O–H groups in total. The van der Waals surface area contributed by atoms with Crippen LogP contribution in [0.4, 0.5) is 17.1 Å². The summed E-state index contributed by atoms with van der Waals surface area (Å²) in [7, 11) is 0. The predicted octanol–water partition coefficient (Wildman–Crippen LogP) is 13.8. The first kappa shape index (κ1) is 28.3. The van der Waals surface area contributed by atoms with Crippen molar-refractivity contribution in [2.75, 3.05) is 4.90 Å². The summed E-state index contributed by atoms with van der Waals surface area (Å²) >= 11 is 3.67. The van der Waals surface area contributed by atoms with E-state index in [4.69, 9.17) is 4.98 Å². The van der Waals surface area contributed by atoms with Gasteiger partial charge in [0.25, 0.3) is 0 Å². The molecule has 4 heteroatoms. The molecule has 0 saturated carbocycles. The molecule has 0 atom stereocenters. The number of rotatable bonds is 4. The highest BCUT2D eigenvalue weighted by atomic mass is 32.1. The first-order valence-corrected chi connectivity index (χ1v) is 18.8. The number of hydrogen-bond acceptors (Lipinski definition) is 4. The van der Waals surface area contributed by atoms with Crippen molar-refractivity contribution in [3.63, 3.8) is 0 Å². The molecule has 0 fully saturated rings. The van der Waals surface area contributed by atoms with E-state index in [1.807, 2.05) is 11.3 Å². The van der Waals surface area contributed by atoms with Gasteiger partial charge in [-0.1, -0.05) is 117 Å². The molecule has 7 aromatic carbocycles. The third-order valence-corrected chi connectivity index (χ3v) is 13.1. The van der Waals surface area contributed by atoms with Crippen LogP contribution in [0.5, 0.6) is 0 Å². The number of thiophene rings is 1. The van der Waals surface area contributed by atoms with Gasteiger partial charge in [-0.15, -0.1) is 22.7 Å². The summed E-state index contributed by atoms with van der Waals surface area (Å²) < 4.78 is 2.61. The van der Waals surface area contributed by atoms with E-state index in [9.17, 15) is 0 Å². The van der Waals surface area contributed by atoms with Crippen LogP contribution in [0.3, 0.4) is 0 Å². The summed E-state index contributed by atoms with van der Waals surface area (Å²) in [4.78, 5) is 9.01. The molecule has 0 spiro atoms. The van der Waals surface area contributed by atoms with E-state index in [1.165, 1.54) is 69.2 Å². The number of nitrogens with zero attached hydrogens (tertiary/aromatic N) is 2. The lowest BCUT2D eigenvalue weighted by Gasteiger charge is -2.28. The lowest BCUT2D eigenvalue weighted by molar-refractivity contribution is 0.660. The Morgan fingerprint density at radius 1 is 0.520 bits per heavy atom. The highest BCUT2D eigenvalue weighted by Gasteiger charge is 2.36. The molecule has 9 aromatic rings. The fourth-order valence-electron chi connectivity index (χ4n) is 8.45. The standard InChI is InChI=1S/C46H30N2S2/c1-46(2)38-18-5-3-14-32(38)33-22-20-30(25-39(33)46)48(31-21-23-35-34-15-4-6-19-40(34)49-41(35)26-31)29-13-7-12-28(24-29)45-47-43-36-16-8-10-27-11-9-17-37(42(27)36)44(43)50-45/h3-26H,1-2H3. The second-order valence-corrected chi connectivity index (χ2v) is 16.1. The number of benzene rings is 7. The molecule has 2 aliphatic rings. The molecule has 11 rings (SSSR count). The lowest BCUT2D eigenvalue weighted by Crippen LogP contribution is -2.16. The van der Waals surface area contributed by atoms with Crippen LogP contribution in [0, 0.1) is 0 Å². The number of fused-ring (bicyclic) bond motifs is 9. The minimum atomic E-state index is -0.0918. The summed E-state index contributed by atoms with van der Waals surface area (Å²) in [6.45, 7) is 4.71. The molecule has 236 valence electrons. The maximum atomic E-state index is 5.30. The monoisotopic (exact) mass is 674 g/mol. The van der Waals surface area contributed by atoms with E-state index in [2.05, 4.69) is 164 Å². The van der Waals surface area contributed by atoms with Crippen LogP contribution in [0.15, 0.2) is 146 Å². The Morgan fingerprint density at radius 2 is 1.22 bits per heavy atom. The quantitative estimate of drug-likeness (QED) is 0.185. The van der Waals surface area contributed by atoms with Gasteiger partial charge in [-0.2, -0.15) is 0 Å². The zero-order valence-corrected chi connectivity index (χ0v) is 29.2. The Hall–Kier alpha value is -5.55. The maximum absolute atomic E-state index is 5.30. The Labute approximate surface area is 298 Å². The second kappa shape index (κ2) is 10.2. The predicted molar refractivity (Wildman–Crippen MR) is 215 cm³/mol. The first-order valence-electron chi connectivity index (χ1n) is 17.1. The van der Waals surface area contributed by atoms with E-state index in [0.29, 0.717) is 0 Å². The van der Waals surface area contributed by atoms with E-state index < -0.39 is 0 Å². The van der Waals surface area contributed by atoms with Crippen LogP contribution >= 0.6 is 22.7 Å². The molecular weight excluding hydrogens is 645 g/mol. The second-order valence-electron chi connectivity index (χ2n) is 14.0. The zero-order valence-electron chi connectivity index (χ0n) is 27.6. The van der Waals surface area contributed by atoms with E-state index in [-0.39, 0.29) is 5.41 Å². The highest BCUT2D eigenvalue weighted by Crippen LogP contribution is 2.53. The lowest BCUT2D eigenvalue weighted by atomic mass is 9.82. The Kier molecular flexibility index (Phi) is 5.80. The van der Waals surface area contributed by atoms with Gasteiger partial charge in [-0.05, 0) is 75.5 Å². The van der Waals surface area contributed by atoms with Crippen molar-refractivity contribution in [1.82, 2.24) is 4.98 Å². The van der Waals surface area contributed by atoms with Gasteiger partial charge in [0.2, 0.25) is 0 Å². The Bertz CT molecular complexity index is 2820. The van der Waals surface area contributed by atoms with Gasteiger partial charge in [0, 0.05) is 59.3 Å². The average molecular weight is 675 g/mol. The highest BCUT2D eigenvalue weighted by molar-refractivity contribution is 7.25. The zero-order chi connectivity index (χ0) is 33.1. The molecule has 2 heterocycles. The molecule has 0 saturated heterocycles. The smallest absolute Gasteiger partial charge is 0.124 e. The minimum absolute atomic E-state index is 0.0918. The third-order valence-electron chi connectivity index (χ3n) is 10.8. The van der Waals surface area contributed by atoms with Crippen molar-refractivity contribution in [2.24, 2.45) is 0 Å². The van der Waals surface area contributed by atoms with Gasteiger partial charge in [0.05, 0.1) is 10.6 Å². The number of thiazole rings is 1. The average Bonchev–Trinajstić information content (AvgIpc) is 3.89. The van der Waals surface area contributed by atoms with Crippen molar-refractivity contribution in [1.29, 1.82) is 0 Å². The van der Waals surface area contributed by atoms with Crippen molar-refractivity contribution in [3.05, 3.63) is 157 Å². The SMILES string of the molecule is CC1(C)c2ccccc2-c2ccc(N(c3cccc(-c4nc5c(s4)-c4cccc6cccc-5c46)c3)c3ccc4c(c3)sc3ccccc34)cc21. The first-order chi connectivity index (χ1) is 24.5. The minimum Gasteiger partial charge on any atom is -0.310 e. The molecule has 0 radical (unpaired) electrons. The van der Waals surface area contributed by atoms with Crippen LogP contribution < -0.4 is 4.90 Å². The molecule has 2 aliphatic carbocycles. The number of anilines is 3. The number of aromatic nitrogens is 1. The van der Waals surface area contributed by atoms with Crippen LogP contribution in [0.1, 0.15) is 25.0 Å². The molecule has 0 unspecified atom stereocenters. The fourth-order valence-corrected chi connectivity index (χ4v) is 10.7. The van der Waals surface area contributed by atoms with E-state index in [0.717, 1.165) is 33.3 Å². The van der Waals surface area contributed by atoms with Crippen molar-refractivity contribution in [3.8, 4) is 43.4 Å². The van der Waals surface area contributed by atoms with Crippen molar-refractivity contribution >= 4 is 70.7 Å². The number of hydrogen-bond donors (Lipinski definition) is 0. The largest absolute Gasteiger partial charge is 0.310 e. The van der Waals surface area contributed by atoms with Gasteiger partial charge in [0.1, 0.15) is 5.01 Å². The summed E-state index contributed by atoms with van der Waals surface area (Å²) in [5.74, 6) is 0. The van der Waals surface area contributed by atoms with E-state index in [1.54, 1.807) is 11.3 Å². The molecule has 0 aliphatic heterocycles. The molecule has 2 nitrogen and oxygen atoms in total. The summed E-state index contributed by atoms with van der Waals surface area (Å²) in [5, 5.41) is 6.28. The van der Waals surface area contributed by atoms with Gasteiger partial charge < -0.3 is 4.90 Å². The normalized spacial score (nSPS) is 13.6. The van der Waals surface area contributed by atoms with Crippen LogP contribution in [-0.2, 0) is 5.41 Å². The molecule has 0 bridgehead atoms. The molecular formula is C46H30N2S2. The van der Waals surface area contributed by atoms with Crippen LogP contribution in [-0.4, -0.2) is 4.98 Å². The van der Waals surface area contributed by atoms with Crippen molar-refractivity contribution in [2.45, 2.75) is 19.3 Å². The third kappa shape index (κ3) is 3.92. The van der Waals surface area contributed by atoms with Crippen LogP contribution in [0.2, 0.25) is 0 Å². The summed E-state index contributed by atoms with van der Waals surface area (Å²) in [6, 6.07) is 53.8. The van der Waals surface area contributed by atoms with Gasteiger partial charge in [-0.25, -0.2) is 4.98 Å². The Balaban J connectivity index is 1.08. The van der Waals surface area contributed by atoms with Gasteiger partial charge in [-0.3, -0.25) is 0 Å². The van der Waals surface area contributed by atoms with Crippen LogP contribution in [0.25, 0.3) is 74.3 Å². The summed E-state index contributed by atoms with van der Waals surface area (Å²) in [6.07, 6.45) is 0. The topological polar surface area (TPSA) is 16.1 Å². The molecule has 0 amide bonds. The maximum Gasteiger partial charge on any atom is 0.124 e. The van der Waals surface area contributed by atoms with E-state index >= 15 is 0 Å². The molecule has 2 aromatic heterocycles. The van der Waals surface area contributed by atoms with Crippen molar-refractivity contribution < 1.29 is 0 Å². The van der Waals surface area contributed by atoms with Gasteiger partial charge >= 0.3 is 0 Å². The van der Waals surface area contributed by atoms with Gasteiger partial charge in [0.15, 0.2) is 0 Å². The summed E-state index contributed by atoms with van der Waals surface area (Å²) in [5.41, 5.74) is 13.5. The molecule has 50 heavy (non-hydrogen) atoms. The Morgan fingerprint density at radius 3 is 2.14 bits per heavy atom. The fraction of sp³-hybridized carbons (Fsp3) is 0.0652.